The SMILES string of the molecule is Cc1ccc(C)c2sc(NC(=O)c3cc(=O)[nH]c4ccc(S(=O)(=O)N5CCOCC5)cc34)nc12. The summed E-state index contributed by atoms with van der Waals surface area (Å²) in [5, 5.41) is 3.52. The summed E-state index contributed by atoms with van der Waals surface area (Å²) in [6, 6.07) is 9.52. The summed E-state index contributed by atoms with van der Waals surface area (Å²) in [6.45, 7) is 5.11. The number of carbonyl (C=O) groups is 1. The van der Waals surface area contributed by atoms with E-state index in [2.05, 4.69) is 15.3 Å². The number of H-pyrrole nitrogens is 1. The standard InChI is InChI=1S/C23H22N4O5S2/c1-13-3-4-14(2)21-20(13)25-23(33-21)26-22(29)17-12-19(28)24-18-6-5-15(11-16(17)18)34(30,31)27-7-9-32-10-8-27/h3-6,11-12H,7-10H2,1-2H3,(H,24,28)(H,25,26,29). The Balaban J connectivity index is 1.55. The molecule has 2 aromatic carbocycles. The van der Waals surface area contributed by atoms with E-state index >= 15 is 0 Å². The van der Waals surface area contributed by atoms with E-state index < -0.39 is 21.5 Å². The minimum absolute atomic E-state index is 0.0502. The van der Waals surface area contributed by atoms with Crippen LogP contribution in [0.5, 0.6) is 0 Å². The van der Waals surface area contributed by atoms with Crippen molar-refractivity contribution in [2.24, 2.45) is 0 Å². The number of pyridine rings is 1. The molecule has 11 heteroatoms. The fraction of sp³-hybridized carbons (Fsp3) is 0.261. The fourth-order valence-electron chi connectivity index (χ4n) is 3.99. The lowest BCUT2D eigenvalue weighted by atomic mass is 10.1. The van der Waals surface area contributed by atoms with Crippen molar-refractivity contribution in [1.82, 2.24) is 14.3 Å². The normalized spacial score (nSPS) is 15.1. The Bertz CT molecular complexity index is 1560. The number of hydrogen-bond acceptors (Lipinski definition) is 7. The summed E-state index contributed by atoms with van der Waals surface area (Å²) in [4.78, 5) is 32.7. The largest absolute Gasteiger partial charge is 0.379 e. The molecule has 34 heavy (non-hydrogen) atoms. The van der Waals surface area contributed by atoms with Crippen LogP contribution in [-0.4, -0.2) is 54.9 Å². The van der Waals surface area contributed by atoms with Gasteiger partial charge in [-0.3, -0.25) is 14.9 Å². The lowest BCUT2D eigenvalue weighted by Crippen LogP contribution is -2.40. The van der Waals surface area contributed by atoms with E-state index in [-0.39, 0.29) is 23.5 Å². The number of ether oxygens (including phenoxy) is 1. The van der Waals surface area contributed by atoms with Gasteiger partial charge < -0.3 is 9.72 Å². The van der Waals surface area contributed by atoms with Crippen molar-refractivity contribution in [3.63, 3.8) is 0 Å². The molecule has 1 saturated heterocycles. The van der Waals surface area contributed by atoms with Crippen LogP contribution in [0.4, 0.5) is 5.13 Å². The van der Waals surface area contributed by atoms with Gasteiger partial charge >= 0.3 is 0 Å². The molecule has 1 amide bonds. The zero-order valence-corrected chi connectivity index (χ0v) is 20.2. The maximum Gasteiger partial charge on any atom is 0.258 e. The van der Waals surface area contributed by atoms with Crippen molar-refractivity contribution in [2.45, 2.75) is 18.7 Å². The maximum atomic E-state index is 13.2. The number of morpholine rings is 1. The van der Waals surface area contributed by atoms with Gasteiger partial charge in [0.15, 0.2) is 5.13 Å². The minimum Gasteiger partial charge on any atom is -0.379 e. The van der Waals surface area contributed by atoms with E-state index in [0.717, 1.165) is 21.3 Å². The molecule has 4 aromatic rings. The van der Waals surface area contributed by atoms with Crippen LogP contribution < -0.4 is 10.9 Å². The molecule has 0 spiro atoms. The average Bonchev–Trinajstić information content (AvgIpc) is 3.26. The molecule has 2 N–H and O–H groups in total. The second-order valence-electron chi connectivity index (χ2n) is 8.12. The van der Waals surface area contributed by atoms with Gasteiger partial charge in [0.1, 0.15) is 0 Å². The second kappa shape index (κ2) is 8.58. The number of aromatic nitrogens is 2. The number of thiazole rings is 1. The molecule has 0 radical (unpaired) electrons. The number of fused-ring (bicyclic) bond motifs is 2. The van der Waals surface area contributed by atoms with E-state index in [0.29, 0.717) is 29.2 Å². The van der Waals surface area contributed by atoms with Crippen molar-refractivity contribution in [2.75, 3.05) is 31.6 Å². The zero-order chi connectivity index (χ0) is 24.0. The van der Waals surface area contributed by atoms with E-state index in [1.165, 1.54) is 39.9 Å². The number of nitrogens with one attached hydrogen (secondary N) is 2. The van der Waals surface area contributed by atoms with Gasteiger partial charge in [-0.1, -0.05) is 23.5 Å². The first-order valence-corrected chi connectivity index (χ1v) is 12.9. The molecular formula is C23H22N4O5S2. The molecular weight excluding hydrogens is 476 g/mol. The summed E-state index contributed by atoms with van der Waals surface area (Å²) in [5.41, 5.74) is 2.85. The minimum atomic E-state index is -3.77. The number of aryl methyl sites for hydroxylation is 2. The van der Waals surface area contributed by atoms with Crippen molar-refractivity contribution in [3.05, 3.63) is 63.4 Å². The molecule has 0 saturated carbocycles. The first-order valence-electron chi connectivity index (χ1n) is 10.7. The van der Waals surface area contributed by atoms with Crippen LogP contribution in [0.25, 0.3) is 21.1 Å². The summed E-state index contributed by atoms with van der Waals surface area (Å²) >= 11 is 1.35. The van der Waals surface area contributed by atoms with E-state index in [1.807, 2.05) is 26.0 Å². The Hall–Kier alpha value is -3.12. The maximum absolute atomic E-state index is 13.2. The summed E-state index contributed by atoms with van der Waals surface area (Å²) in [5.74, 6) is -0.536. The van der Waals surface area contributed by atoms with Crippen molar-refractivity contribution in [3.8, 4) is 0 Å². The average molecular weight is 499 g/mol. The Morgan fingerprint density at radius 2 is 1.85 bits per heavy atom. The quantitative estimate of drug-likeness (QED) is 0.446. The lowest BCUT2D eigenvalue weighted by molar-refractivity contribution is 0.0730. The molecule has 1 aliphatic heterocycles. The highest BCUT2D eigenvalue weighted by atomic mass is 32.2. The van der Waals surface area contributed by atoms with Crippen LogP contribution in [0.3, 0.4) is 0 Å². The zero-order valence-electron chi connectivity index (χ0n) is 18.5. The third kappa shape index (κ3) is 4.00. The molecule has 0 bridgehead atoms. The Morgan fingerprint density at radius 1 is 1.12 bits per heavy atom. The highest BCUT2D eigenvalue weighted by Gasteiger charge is 2.27. The highest BCUT2D eigenvalue weighted by Crippen LogP contribution is 2.31. The molecule has 0 aliphatic carbocycles. The third-order valence-electron chi connectivity index (χ3n) is 5.83. The molecule has 3 heterocycles. The number of amides is 1. The van der Waals surface area contributed by atoms with Gasteiger partial charge in [0.2, 0.25) is 15.6 Å². The lowest BCUT2D eigenvalue weighted by Gasteiger charge is -2.26. The number of carbonyl (C=O) groups excluding carboxylic acids is 1. The smallest absolute Gasteiger partial charge is 0.258 e. The summed E-state index contributed by atoms with van der Waals surface area (Å²) < 4.78 is 33.8. The molecule has 1 aliphatic rings. The van der Waals surface area contributed by atoms with Gasteiger partial charge in [0.05, 0.1) is 33.9 Å². The Labute approximate surface area is 199 Å². The molecule has 176 valence electrons. The van der Waals surface area contributed by atoms with Crippen LogP contribution >= 0.6 is 11.3 Å². The number of aromatic amines is 1. The molecule has 0 unspecified atom stereocenters. The van der Waals surface area contributed by atoms with Gasteiger partial charge in [-0.05, 0) is 43.2 Å². The van der Waals surface area contributed by atoms with Crippen molar-refractivity contribution >= 4 is 53.5 Å². The van der Waals surface area contributed by atoms with E-state index in [1.54, 1.807) is 0 Å². The summed E-state index contributed by atoms with van der Waals surface area (Å²) in [6.07, 6.45) is 0. The monoisotopic (exact) mass is 498 g/mol. The van der Waals surface area contributed by atoms with Crippen LogP contribution in [0.1, 0.15) is 21.5 Å². The topological polar surface area (TPSA) is 121 Å². The molecule has 0 atom stereocenters. The van der Waals surface area contributed by atoms with Crippen molar-refractivity contribution < 1.29 is 17.9 Å². The third-order valence-corrected chi connectivity index (χ3v) is 8.83. The van der Waals surface area contributed by atoms with Gasteiger partial charge in [-0.2, -0.15) is 4.31 Å². The van der Waals surface area contributed by atoms with Gasteiger partial charge in [-0.25, -0.2) is 13.4 Å². The van der Waals surface area contributed by atoms with Crippen LogP contribution in [-0.2, 0) is 14.8 Å². The molecule has 2 aromatic heterocycles. The number of nitrogens with zero attached hydrogens (tertiary/aromatic N) is 2. The Morgan fingerprint density at radius 3 is 2.59 bits per heavy atom. The van der Waals surface area contributed by atoms with E-state index in [9.17, 15) is 18.0 Å². The van der Waals surface area contributed by atoms with Crippen LogP contribution in [0, 0.1) is 13.8 Å². The first kappa shape index (κ1) is 22.7. The molecule has 5 rings (SSSR count). The predicted octanol–water partition coefficient (Wildman–Crippen LogP) is 3.03. The number of hydrogen-bond donors (Lipinski definition) is 2. The van der Waals surface area contributed by atoms with E-state index in [4.69, 9.17) is 4.74 Å². The molecule has 1 fully saturated rings. The number of sulfonamides is 1. The second-order valence-corrected chi connectivity index (χ2v) is 11.1. The van der Waals surface area contributed by atoms with Gasteiger partial charge in [-0.15, -0.1) is 0 Å². The highest BCUT2D eigenvalue weighted by molar-refractivity contribution is 7.89. The van der Waals surface area contributed by atoms with Crippen molar-refractivity contribution in [1.29, 1.82) is 0 Å². The van der Waals surface area contributed by atoms with Crippen LogP contribution in [0.2, 0.25) is 0 Å². The van der Waals surface area contributed by atoms with Crippen LogP contribution in [0.15, 0.2) is 46.1 Å². The number of anilines is 1. The van der Waals surface area contributed by atoms with Gasteiger partial charge in [0.25, 0.3) is 5.91 Å². The Kier molecular flexibility index (Phi) is 5.72. The number of rotatable bonds is 4. The summed E-state index contributed by atoms with van der Waals surface area (Å²) in [7, 11) is -3.77. The first-order chi connectivity index (χ1) is 16.2. The number of benzene rings is 2. The molecule has 9 nitrogen and oxygen atoms in total. The van der Waals surface area contributed by atoms with Gasteiger partial charge in [0, 0.05) is 30.1 Å². The predicted molar refractivity (Wildman–Crippen MR) is 131 cm³/mol. The fourth-order valence-corrected chi connectivity index (χ4v) is 6.44.